The molecule has 10 heteroatoms. The first-order valence-corrected chi connectivity index (χ1v) is 9.28. The van der Waals surface area contributed by atoms with Crippen LogP contribution in [-0.4, -0.2) is 26.0 Å². The largest absolute Gasteiger partial charge is 0.468 e. The van der Waals surface area contributed by atoms with E-state index in [4.69, 9.17) is 16.6 Å². The summed E-state index contributed by atoms with van der Waals surface area (Å²) in [6, 6.07) is 8.86. The van der Waals surface area contributed by atoms with Gasteiger partial charge in [0.2, 0.25) is 10.0 Å². The second-order valence-electron chi connectivity index (χ2n) is 4.87. The summed E-state index contributed by atoms with van der Waals surface area (Å²) >= 11 is 4.92. The molecule has 1 heterocycles. The Hall–Kier alpha value is -2.43. The number of furan rings is 1. The number of benzene rings is 1. The number of nitrogens with one attached hydrogen (secondary N) is 4. The van der Waals surface area contributed by atoms with E-state index in [1.54, 1.807) is 12.1 Å². The molecule has 4 N–H and O–H groups in total. The lowest BCUT2D eigenvalue weighted by molar-refractivity contribution is 0.0943. The Morgan fingerprint density at radius 2 is 1.88 bits per heavy atom. The normalized spacial score (nSPS) is 10.9. The fourth-order valence-electron chi connectivity index (χ4n) is 1.84. The molecule has 1 amide bonds. The lowest BCUT2D eigenvalue weighted by atomic mass is 10.2. The van der Waals surface area contributed by atoms with E-state index in [0.717, 1.165) is 0 Å². The summed E-state index contributed by atoms with van der Waals surface area (Å²) in [6.45, 7) is 2.54. The molecule has 0 aliphatic rings. The molecule has 0 saturated carbocycles. The molecule has 0 radical (unpaired) electrons. The molecule has 2 aromatic rings. The Morgan fingerprint density at radius 1 is 1.16 bits per heavy atom. The molecule has 1 aromatic heterocycles. The van der Waals surface area contributed by atoms with Crippen molar-refractivity contribution in [3.05, 3.63) is 54.0 Å². The van der Waals surface area contributed by atoms with Crippen molar-refractivity contribution in [3.8, 4) is 0 Å². The Labute approximate surface area is 151 Å². The van der Waals surface area contributed by atoms with Crippen LogP contribution in [-0.2, 0) is 16.6 Å². The maximum Gasteiger partial charge on any atom is 0.269 e. The Morgan fingerprint density at radius 3 is 2.48 bits per heavy atom. The van der Waals surface area contributed by atoms with Gasteiger partial charge < -0.3 is 9.73 Å². The monoisotopic (exact) mass is 382 g/mol. The highest BCUT2D eigenvalue weighted by Crippen LogP contribution is 2.11. The summed E-state index contributed by atoms with van der Waals surface area (Å²) < 4.78 is 31.9. The zero-order valence-electron chi connectivity index (χ0n) is 13.4. The predicted molar refractivity (Wildman–Crippen MR) is 96.1 cm³/mol. The number of sulfonamides is 1. The molecule has 25 heavy (non-hydrogen) atoms. The van der Waals surface area contributed by atoms with E-state index in [2.05, 4.69) is 20.9 Å². The van der Waals surface area contributed by atoms with Crippen molar-refractivity contribution in [3.63, 3.8) is 0 Å². The van der Waals surface area contributed by atoms with Crippen LogP contribution in [0, 0.1) is 0 Å². The van der Waals surface area contributed by atoms with Gasteiger partial charge in [-0.1, -0.05) is 0 Å². The summed E-state index contributed by atoms with van der Waals surface area (Å²) in [5.41, 5.74) is 5.25. The van der Waals surface area contributed by atoms with Crippen LogP contribution in [0.3, 0.4) is 0 Å². The van der Waals surface area contributed by atoms with Crippen LogP contribution < -0.4 is 20.9 Å². The number of rotatable bonds is 6. The second kappa shape index (κ2) is 8.60. The van der Waals surface area contributed by atoms with Crippen molar-refractivity contribution in [2.24, 2.45) is 0 Å². The number of thiocarbonyl (C=S) groups is 1. The molecule has 0 unspecified atom stereocenters. The number of hydrazine groups is 1. The van der Waals surface area contributed by atoms with Gasteiger partial charge in [-0.25, -0.2) is 13.1 Å². The van der Waals surface area contributed by atoms with E-state index in [0.29, 0.717) is 12.3 Å². The summed E-state index contributed by atoms with van der Waals surface area (Å²) in [7, 11) is -3.70. The highest BCUT2D eigenvalue weighted by molar-refractivity contribution is 7.89. The second-order valence-corrected chi connectivity index (χ2v) is 7.04. The van der Waals surface area contributed by atoms with E-state index < -0.39 is 15.9 Å². The van der Waals surface area contributed by atoms with Crippen molar-refractivity contribution in [1.82, 2.24) is 20.9 Å². The van der Waals surface area contributed by atoms with Crippen LogP contribution in [0.4, 0.5) is 0 Å². The molecule has 0 spiro atoms. The average molecular weight is 382 g/mol. The lowest BCUT2D eigenvalue weighted by Gasteiger charge is -2.10. The fourth-order valence-corrected chi connectivity index (χ4v) is 3.03. The van der Waals surface area contributed by atoms with Crippen LogP contribution in [0.2, 0.25) is 0 Å². The van der Waals surface area contributed by atoms with Gasteiger partial charge in [0, 0.05) is 12.1 Å². The van der Waals surface area contributed by atoms with Crippen LogP contribution in [0.15, 0.2) is 52.0 Å². The van der Waals surface area contributed by atoms with Crippen molar-refractivity contribution < 1.29 is 17.6 Å². The minimum atomic E-state index is -3.70. The summed E-state index contributed by atoms with van der Waals surface area (Å²) in [5.74, 6) is 0.0649. The summed E-state index contributed by atoms with van der Waals surface area (Å²) in [4.78, 5) is 12.0. The average Bonchev–Trinajstić information content (AvgIpc) is 3.12. The van der Waals surface area contributed by atoms with E-state index in [9.17, 15) is 13.2 Å². The van der Waals surface area contributed by atoms with Crippen molar-refractivity contribution in [1.29, 1.82) is 0 Å². The zero-order chi connectivity index (χ0) is 18.3. The van der Waals surface area contributed by atoms with Gasteiger partial charge in [-0.3, -0.25) is 15.6 Å². The molecule has 134 valence electrons. The summed E-state index contributed by atoms with van der Waals surface area (Å²) in [5, 5.41) is 3.11. The van der Waals surface area contributed by atoms with E-state index >= 15 is 0 Å². The smallest absolute Gasteiger partial charge is 0.269 e. The third kappa shape index (κ3) is 5.55. The van der Waals surface area contributed by atoms with Crippen LogP contribution >= 0.6 is 12.2 Å². The molecule has 1 aromatic carbocycles. The molecule has 2 rings (SSSR count). The van der Waals surface area contributed by atoms with Gasteiger partial charge in [-0.15, -0.1) is 0 Å². The summed E-state index contributed by atoms with van der Waals surface area (Å²) in [6.07, 6.45) is 1.47. The first-order valence-electron chi connectivity index (χ1n) is 7.38. The predicted octanol–water partition coefficient (Wildman–Crippen LogP) is 0.887. The molecule has 0 bridgehead atoms. The fraction of sp³-hybridized carbons (Fsp3) is 0.200. The van der Waals surface area contributed by atoms with Crippen molar-refractivity contribution in [2.75, 3.05) is 6.54 Å². The molecular weight excluding hydrogens is 364 g/mol. The van der Waals surface area contributed by atoms with Crippen LogP contribution in [0.5, 0.6) is 0 Å². The van der Waals surface area contributed by atoms with E-state index in [-0.39, 0.29) is 22.1 Å². The van der Waals surface area contributed by atoms with Gasteiger partial charge in [-0.05, 0) is 55.5 Å². The van der Waals surface area contributed by atoms with E-state index in [1.165, 1.54) is 30.5 Å². The number of hydrogen-bond donors (Lipinski definition) is 4. The van der Waals surface area contributed by atoms with Gasteiger partial charge in [0.05, 0.1) is 17.7 Å². The highest BCUT2D eigenvalue weighted by Gasteiger charge is 2.15. The van der Waals surface area contributed by atoms with Gasteiger partial charge in [0.15, 0.2) is 5.11 Å². The Bertz CT molecular complexity index is 818. The zero-order valence-corrected chi connectivity index (χ0v) is 15.0. The van der Waals surface area contributed by atoms with Gasteiger partial charge in [-0.2, -0.15) is 0 Å². The SMILES string of the molecule is CCNC(=S)NNC(=O)c1ccc(S(=O)(=O)NCc2ccco2)cc1. The third-order valence-electron chi connectivity index (χ3n) is 3.07. The first-order chi connectivity index (χ1) is 11.9. The quantitative estimate of drug-likeness (QED) is 0.433. The topological polar surface area (TPSA) is 112 Å². The Balaban J connectivity index is 1.96. The molecule has 0 fully saturated rings. The maximum atomic E-state index is 12.2. The third-order valence-corrected chi connectivity index (χ3v) is 4.73. The van der Waals surface area contributed by atoms with Crippen LogP contribution in [0.1, 0.15) is 23.0 Å². The number of carbonyl (C=O) groups excluding carboxylic acids is 1. The molecule has 0 atom stereocenters. The molecule has 0 saturated heterocycles. The van der Waals surface area contributed by atoms with Gasteiger partial charge in [0.25, 0.3) is 5.91 Å². The standard InChI is InChI=1S/C15H18N4O4S2/c1-2-16-15(24)19-18-14(20)11-5-7-13(8-6-11)25(21,22)17-10-12-4-3-9-23-12/h3-9,17H,2,10H2,1H3,(H,18,20)(H2,16,19,24). The number of amides is 1. The molecule has 8 nitrogen and oxygen atoms in total. The molecule has 0 aliphatic carbocycles. The molecule has 0 aliphatic heterocycles. The van der Waals surface area contributed by atoms with Gasteiger partial charge in [0.1, 0.15) is 5.76 Å². The first kappa shape index (κ1) is 18.9. The minimum Gasteiger partial charge on any atom is -0.468 e. The maximum absolute atomic E-state index is 12.2. The Kier molecular flexibility index (Phi) is 6.51. The van der Waals surface area contributed by atoms with Gasteiger partial charge >= 0.3 is 0 Å². The highest BCUT2D eigenvalue weighted by atomic mass is 32.2. The lowest BCUT2D eigenvalue weighted by Crippen LogP contribution is -2.46. The van der Waals surface area contributed by atoms with Crippen LogP contribution in [0.25, 0.3) is 0 Å². The molecular formula is C15H18N4O4S2. The number of hydrogen-bond acceptors (Lipinski definition) is 5. The van der Waals surface area contributed by atoms with Crippen molar-refractivity contribution in [2.45, 2.75) is 18.4 Å². The van der Waals surface area contributed by atoms with Crippen molar-refractivity contribution >= 4 is 33.3 Å². The minimum absolute atomic E-state index is 0.0450. The number of carbonyl (C=O) groups is 1. The van der Waals surface area contributed by atoms with E-state index in [1.807, 2.05) is 6.92 Å².